The lowest BCUT2D eigenvalue weighted by molar-refractivity contribution is -0.156. The topological polar surface area (TPSA) is 114 Å². The van der Waals surface area contributed by atoms with Gasteiger partial charge in [-0.2, -0.15) is 0 Å². The number of fused-ring (bicyclic) bond motifs is 5. The number of hydrogen-bond donors (Lipinski definition) is 3. The second-order valence-corrected chi connectivity index (χ2v) is 19.5. The standard InChI is InChI=1S/C50H82N2O6/c1-5-7-13-28-51-46(55)20-11-9-15-30-57-41-32-37(33-42(36-41)58-31-16-10-12-21-47(56)52-29-14-8-6-2)18-17-19-38-34-39-35-40(53)24-26-49(39,3)44-25-27-50(4)43(48(38)44)22-23-45(50)54/h32-33,36,38-39,43-45,48,54H,5-31,34-35H2,1-4H3,(H,51,55)(H,52,56)/t38-,39?,43+,44+,45+,48+,49+,50+/m1/s1. The quantitative estimate of drug-likeness (QED) is 0.0804. The average molecular weight is 807 g/mol. The number of unbranched alkanes of at least 4 members (excludes halogenated alkanes) is 8. The highest BCUT2D eigenvalue weighted by Crippen LogP contribution is 2.67. The van der Waals surface area contributed by atoms with Crippen molar-refractivity contribution in [3.63, 3.8) is 0 Å². The summed E-state index contributed by atoms with van der Waals surface area (Å²) in [6, 6.07) is 6.42. The van der Waals surface area contributed by atoms with Crippen molar-refractivity contribution >= 4 is 17.6 Å². The molecule has 4 saturated carbocycles. The van der Waals surface area contributed by atoms with E-state index < -0.39 is 0 Å². The van der Waals surface area contributed by atoms with Gasteiger partial charge in [0.15, 0.2) is 0 Å². The fourth-order valence-electron chi connectivity index (χ4n) is 11.9. The van der Waals surface area contributed by atoms with E-state index >= 15 is 0 Å². The molecule has 58 heavy (non-hydrogen) atoms. The van der Waals surface area contributed by atoms with E-state index in [-0.39, 0.29) is 28.7 Å². The summed E-state index contributed by atoms with van der Waals surface area (Å²) in [5.74, 6) is 5.43. The zero-order valence-corrected chi connectivity index (χ0v) is 37.2. The zero-order valence-electron chi connectivity index (χ0n) is 37.2. The van der Waals surface area contributed by atoms with Crippen molar-refractivity contribution in [1.29, 1.82) is 0 Å². The van der Waals surface area contributed by atoms with Gasteiger partial charge >= 0.3 is 0 Å². The van der Waals surface area contributed by atoms with Crippen molar-refractivity contribution in [3.8, 4) is 11.5 Å². The summed E-state index contributed by atoms with van der Waals surface area (Å²) in [6.07, 6.45) is 24.5. The molecule has 8 atom stereocenters. The number of aryl methyl sites for hydroxylation is 1. The zero-order chi connectivity index (χ0) is 41.4. The van der Waals surface area contributed by atoms with Gasteiger partial charge in [-0.05, 0) is 167 Å². The molecule has 4 aliphatic carbocycles. The van der Waals surface area contributed by atoms with E-state index in [0.29, 0.717) is 61.4 Å². The molecule has 3 N–H and O–H groups in total. The van der Waals surface area contributed by atoms with E-state index in [1.54, 1.807) is 0 Å². The number of ether oxygens (including phenoxy) is 2. The van der Waals surface area contributed by atoms with Crippen molar-refractivity contribution in [3.05, 3.63) is 23.8 Å². The van der Waals surface area contributed by atoms with E-state index in [1.807, 2.05) is 6.07 Å². The van der Waals surface area contributed by atoms with Crippen LogP contribution < -0.4 is 20.1 Å². The van der Waals surface area contributed by atoms with Gasteiger partial charge < -0.3 is 25.2 Å². The monoisotopic (exact) mass is 807 g/mol. The SMILES string of the molecule is CCCCCNC(=O)CCCCCOc1cc(CCC[C@@H]2CC3CC(=O)CC[C@]3(C)[C@H]3CC[C@]4(C)[C@@H](O)CC[C@H]4[C@H]23)cc(OCCCCCC(=O)NCCCCC)c1. The number of ketones is 1. The molecule has 0 aromatic heterocycles. The van der Waals surface area contributed by atoms with Crippen LogP contribution in [0.5, 0.6) is 11.5 Å². The summed E-state index contributed by atoms with van der Waals surface area (Å²) in [6.45, 7) is 12.0. The largest absolute Gasteiger partial charge is 0.493 e. The van der Waals surface area contributed by atoms with Crippen molar-refractivity contribution in [2.75, 3.05) is 26.3 Å². The maximum atomic E-state index is 12.8. The number of hydrogen-bond acceptors (Lipinski definition) is 6. The van der Waals surface area contributed by atoms with E-state index in [1.165, 1.54) is 12.0 Å². The minimum atomic E-state index is -0.182. The highest BCUT2D eigenvalue weighted by Gasteiger charge is 2.62. The third-order valence-corrected chi connectivity index (χ3v) is 15.4. The first-order valence-corrected chi connectivity index (χ1v) is 24.2. The maximum Gasteiger partial charge on any atom is 0.219 e. The van der Waals surface area contributed by atoms with Gasteiger partial charge in [0.25, 0.3) is 0 Å². The van der Waals surface area contributed by atoms with Crippen molar-refractivity contribution < 1.29 is 29.0 Å². The lowest BCUT2D eigenvalue weighted by Crippen LogP contribution is -2.57. The number of aliphatic hydroxyl groups excluding tert-OH is 1. The summed E-state index contributed by atoms with van der Waals surface area (Å²) in [7, 11) is 0. The Bertz CT molecular complexity index is 1380. The van der Waals surface area contributed by atoms with Gasteiger partial charge in [0, 0.05) is 44.8 Å². The number of Topliss-reactive ketones (excluding diaryl/α,β-unsaturated/α-hetero) is 1. The van der Waals surface area contributed by atoms with Gasteiger partial charge in [0.05, 0.1) is 19.3 Å². The number of amides is 2. The molecule has 1 unspecified atom stereocenters. The highest BCUT2D eigenvalue weighted by molar-refractivity contribution is 5.79. The van der Waals surface area contributed by atoms with Crippen LogP contribution in [0.4, 0.5) is 0 Å². The smallest absolute Gasteiger partial charge is 0.219 e. The van der Waals surface area contributed by atoms with Crippen LogP contribution in [-0.4, -0.2) is 55.1 Å². The Kier molecular flexibility index (Phi) is 18.7. The lowest BCUT2D eigenvalue weighted by Gasteiger charge is -2.62. The normalized spacial score (nSPS) is 28.9. The number of aliphatic hydroxyl groups is 1. The van der Waals surface area contributed by atoms with Crippen LogP contribution in [0.25, 0.3) is 0 Å². The number of benzene rings is 1. The maximum absolute atomic E-state index is 12.8. The van der Waals surface area contributed by atoms with Crippen LogP contribution >= 0.6 is 0 Å². The van der Waals surface area contributed by atoms with Crippen LogP contribution in [0.2, 0.25) is 0 Å². The number of nitrogens with one attached hydrogen (secondary N) is 2. The summed E-state index contributed by atoms with van der Waals surface area (Å²) >= 11 is 0. The van der Waals surface area contributed by atoms with Gasteiger partial charge in [-0.15, -0.1) is 0 Å². The first kappa shape index (κ1) is 46.5. The molecular formula is C50H82N2O6. The third kappa shape index (κ3) is 12.9. The Morgan fingerprint density at radius 1 is 0.724 bits per heavy atom. The average Bonchev–Trinajstić information content (AvgIpc) is 3.51. The molecule has 8 heteroatoms. The summed E-state index contributed by atoms with van der Waals surface area (Å²) < 4.78 is 12.7. The first-order chi connectivity index (χ1) is 28.1. The van der Waals surface area contributed by atoms with Gasteiger partial charge in [0.2, 0.25) is 11.8 Å². The highest BCUT2D eigenvalue weighted by atomic mass is 16.5. The van der Waals surface area contributed by atoms with E-state index in [9.17, 15) is 19.5 Å². The van der Waals surface area contributed by atoms with Gasteiger partial charge in [-0.1, -0.05) is 53.4 Å². The lowest BCUT2D eigenvalue weighted by atomic mass is 9.42. The Hall–Kier alpha value is -2.61. The van der Waals surface area contributed by atoms with E-state index in [2.05, 4.69) is 50.5 Å². The van der Waals surface area contributed by atoms with Crippen LogP contribution in [0.15, 0.2) is 18.2 Å². The molecule has 4 fully saturated rings. The minimum absolute atomic E-state index is 0.0341. The van der Waals surface area contributed by atoms with Gasteiger partial charge in [-0.3, -0.25) is 14.4 Å². The molecule has 0 saturated heterocycles. The fourth-order valence-corrected chi connectivity index (χ4v) is 11.9. The fraction of sp³-hybridized carbons (Fsp3) is 0.820. The van der Waals surface area contributed by atoms with Crippen LogP contribution in [0.1, 0.15) is 187 Å². The molecule has 328 valence electrons. The molecule has 5 rings (SSSR count). The second-order valence-electron chi connectivity index (χ2n) is 19.5. The second kappa shape index (κ2) is 23.4. The van der Waals surface area contributed by atoms with Crippen molar-refractivity contribution in [2.24, 2.45) is 40.4 Å². The number of rotatable bonds is 26. The molecule has 0 bridgehead atoms. The molecule has 0 heterocycles. The van der Waals surface area contributed by atoms with E-state index in [0.717, 1.165) is 166 Å². The summed E-state index contributed by atoms with van der Waals surface area (Å²) in [5, 5.41) is 17.3. The number of carbonyl (C=O) groups excluding carboxylic acids is 3. The van der Waals surface area contributed by atoms with Gasteiger partial charge in [-0.25, -0.2) is 0 Å². The Labute approximate surface area is 352 Å². The first-order valence-electron chi connectivity index (χ1n) is 24.2. The minimum Gasteiger partial charge on any atom is -0.493 e. The summed E-state index contributed by atoms with van der Waals surface area (Å²) in [4.78, 5) is 37.2. The van der Waals surface area contributed by atoms with Gasteiger partial charge in [0.1, 0.15) is 17.3 Å². The molecule has 8 nitrogen and oxygen atoms in total. The van der Waals surface area contributed by atoms with E-state index in [4.69, 9.17) is 9.47 Å². The Balaban J connectivity index is 1.16. The molecule has 1 aromatic carbocycles. The molecule has 4 aliphatic rings. The molecule has 2 amide bonds. The molecule has 0 aliphatic heterocycles. The predicted octanol–water partition coefficient (Wildman–Crippen LogP) is 10.7. The third-order valence-electron chi connectivity index (χ3n) is 15.4. The Morgan fingerprint density at radius 2 is 1.33 bits per heavy atom. The molecule has 0 spiro atoms. The van der Waals surface area contributed by atoms with Crippen molar-refractivity contribution in [2.45, 2.75) is 194 Å². The van der Waals surface area contributed by atoms with Crippen molar-refractivity contribution in [1.82, 2.24) is 10.6 Å². The van der Waals surface area contributed by atoms with Crippen LogP contribution in [-0.2, 0) is 20.8 Å². The molecule has 0 radical (unpaired) electrons. The summed E-state index contributed by atoms with van der Waals surface area (Å²) in [5.41, 5.74) is 1.53. The van der Waals surface area contributed by atoms with Crippen LogP contribution in [0, 0.1) is 40.4 Å². The molecular weight excluding hydrogens is 725 g/mol. The molecule has 1 aromatic rings. The Morgan fingerprint density at radius 3 is 1.93 bits per heavy atom. The predicted molar refractivity (Wildman–Crippen MR) is 234 cm³/mol. The number of carbonyl (C=O) groups is 3. The van der Waals surface area contributed by atoms with Crippen LogP contribution in [0.3, 0.4) is 0 Å².